The van der Waals surface area contributed by atoms with Gasteiger partial charge in [-0.2, -0.15) is 0 Å². The zero-order chi connectivity index (χ0) is 11.5. The minimum absolute atomic E-state index is 0.176. The highest BCUT2D eigenvalue weighted by Crippen LogP contribution is 2.19. The van der Waals surface area contributed by atoms with E-state index in [4.69, 9.17) is 10.5 Å². The molecule has 0 aromatic carbocycles. The summed E-state index contributed by atoms with van der Waals surface area (Å²) >= 11 is 0. The van der Waals surface area contributed by atoms with Gasteiger partial charge in [-0.05, 0) is 26.2 Å². The van der Waals surface area contributed by atoms with Crippen LogP contribution in [0.3, 0.4) is 0 Å². The van der Waals surface area contributed by atoms with E-state index < -0.39 is 0 Å². The third-order valence-electron chi connectivity index (χ3n) is 3.41. The van der Waals surface area contributed by atoms with E-state index in [1.54, 1.807) is 0 Å². The second-order valence-electron chi connectivity index (χ2n) is 5.55. The average Bonchev–Trinajstić information content (AvgIpc) is 2.14. The van der Waals surface area contributed by atoms with Gasteiger partial charge in [-0.3, -0.25) is 4.90 Å². The van der Waals surface area contributed by atoms with E-state index in [0.717, 1.165) is 32.7 Å². The van der Waals surface area contributed by atoms with Gasteiger partial charge in [0.15, 0.2) is 0 Å². The molecule has 0 aromatic rings. The van der Waals surface area contributed by atoms with Crippen LogP contribution in [0.1, 0.15) is 34.1 Å². The summed E-state index contributed by atoms with van der Waals surface area (Å²) in [5.41, 5.74) is 6.24. The Kier molecular flexibility index (Phi) is 4.56. The summed E-state index contributed by atoms with van der Waals surface area (Å²) in [5.74, 6) is 0.578. The van der Waals surface area contributed by atoms with E-state index in [-0.39, 0.29) is 5.54 Å². The summed E-state index contributed by atoms with van der Waals surface area (Å²) in [6.07, 6.45) is 1.08. The molecule has 0 amide bonds. The van der Waals surface area contributed by atoms with Crippen LogP contribution in [0.4, 0.5) is 0 Å². The molecule has 0 saturated carbocycles. The number of nitrogens with zero attached hydrogens (tertiary/aromatic N) is 1. The third kappa shape index (κ3) is 3.74. The van der Waals surface area contributed by atoms with Crippen molar-refractivity contribution >= 4 is 0 Å². The van der Waals surface area contributed by atoms with E-state index in [1.807, 2.05) is 0 Å². The van der Waals surface area contributed by atoms with Crippen molar-refractivity contribution in [3.05, 3.63) is 0 Å². The lowest BCUT2D eigenvalue weighted by Crippen LogP contribution is -2.53. The molecule has 1 unspecified atom stereocenters. The average molecular weight is 214 g/mol. The molecule has 0 aromatic heterocycles. The van der Waals surface area contributed by atoms with E-state index >= 15 is 0 Å². The number of hydrogen-bond donors (Lipinski definition) is 1. The lowest BCUT2D eigenvalue weighted by Gasteiger charge is -2.42. The van der Waals surface area contributed by atoms with Crippen molar-refractivity contribution in [2.45, 2.75) is 45.7 Å². The van der Waals surface area contributed by atoms with Gasteiger partial charge in [0.2, 0.25) is 0 Å². The van der Waals surface area contributed by atoms with Crippen molar-refractivity contribution in [3.8, 4) is 0 Å². The Bertz CT molecular complexity index is 192. The fourth-order valence-corrected chi connectivity index (χ4v) is 1.94. The first kappa shape index (κ1) is 12.9. The van der Waals surface area contributed by atoms with E-state index in [1.165, 1.54) is 0 Å². The van der Waals surface area contributed by atoms with Crippen molar-refractivity contribution in [2.24, 2.45) is 11.7 Å². The maximum Gasteiger partial charge on any atom is 0.0645 e. The highest BCUT2D eigenvalue weighted by molar-refractivity contribution is 4.85. The van der Waals surface area contributed by atoms with Crippen molar-refractivity contribution in [2.75, 3.05) is 26.3 Å². The Labute approximate surface area is 94.0 Å². The van der Waals surface area contributed by atoms with E-state index in [2.05, 4.69) is 32.6 Å². The second kappa shape index (κ2) is 5.28. The molecular weight excluding hydrogens is 188 g/mol. The molecular formula is C12H26N2O. The predicted octanol–water partition coefficient (Wildman–Crippen LogP) is 1.47. The van der Waals surface area contributed by atoms with Gasteiger partial charge in [-0.15, -0.1) is 0 Å². The summed E-state index contributed by atoms with van der Waals surface area (Å²) in [4.78, 5) is 2.50. The van der Waals surface area contributed by atoms with E-state index in [9.17, 15) is 0 Å². The van der Waals surface area contributed by atoms with Gasteiger partial charge in [0, 0.05) is 24.7 Å². The van der Waals surface area contributed by atoms with Gasteiger partial charge >= 0.3 is 0 Å². The standard InChI is InChI=1S/C12H26N2O/c1-10(2)11(13)5-6-14-7-8-15-9-12(14,3)4/h10-11H,5-9,13H2,1-4H3. The molecule has 3 heteroatoms. The van der Waals surface area contributed by atoms with Gasteiger partial charge in [0.05, 0.1) is 13.2 Å². The van der Waals surface area contributed by atoms with Crippen LogP contribution >= 0.6 is 0 Å². The van der Waals surface area contributed by atoms with Gasteiger partial charge in [-0.25, -0.2) is 0 Å². The van der Waals surface area contributed by atoms with Gasteiger partial charge in [-0.1, -0.05) is 13.8 Å². The summed E-state index contributed by atoms with van der Waals surface area (Å²) in [5, 5.41) is 0. The highest BCUT2D eigenvalue weighted by Gasteiger charge is 2.30. The molecule has 1 heterocycles. The first-order chi connectivity index (χ1) is 6.93. The fourth-order valence-electron chi connectivity index (χ4n) is 1.94. The minimum Gasteiger partial charge on any atom is -0.378 e. The summed E-state index contributed by atoms with van der Waals surface area (Å²) < 4.78 is 5.50. The molecule has 0 radical (unpaired) electrons. The number of hydrogen-bond acceptors (Lipinski definition) is 3. The zero-order valence-corrected chi connectivity index (χ0v) is 10.6. The molecule has 1 atom stereocenters. The lowest BCUT2D eigenvalue weighted by molar-refractivity contribution is -0.0521. The molecule has 3 nitrogen and oxygen atoms in total. The van der Waals surface area contributed by atoms with Crippen molar-refractivity contribution in [1.29, 1.82) is 0 Å². The maximum atomic E-state index is 6.06. The molecule has 0 aliphatic carbocycles. The molecule has 1 fully saturated rings. The molecule has 1 saturated heterocycles. The molecule has 1 rings (SSSR count). The molecule has 15 heavy (non-hydrogen) atoms. The topological polar surface area (TPSA) is 38.5 Å². The van der Waals surface area contributed by atoms with Crippen LogP contribution in [0.25, 0.3) is 0 Å². The van der Waals surface area contributed by atoms with E-state index in [0.29, 0.717) is 12.0 Å². The third-order valence-corrected chi connectivity index (χ3v) is 3.41. The van der Waals surface area contributed by atoms with Crippen LogP contribution in [-0.2, 0) is 4.74 Å². The first-order valence-electron chi connectivity index (χ1n) is 6.02. The van der Waals surface area contributed by atoms with Crippen LogP contribution in [0.15, 0.2) is 0 Å². The van der Waals surface area contributed by atoms with Crippen LogP contribution in [0, 0.1) is 5.92 Å². The molecule has 1 aliphatic heterocycles. The normalized spacial score (nSPS) is 24.4. The maximum absolute atomic E-state index is 6.06. The fraction of sp³-hybridized carbons (Fsp3) is 1.00. The Hall–Kier alpha value is -0.120. The lowest BCUT2D eigenvalue weighted by atomic mass is 9.98. The zero-order valence-electron chi connectivity index (χ0n) is 10.6. The quantitative estimate of drug-likeness (QED) is 0.770. The second-order valence-corrected chi connectivity index (χ2v) is 5.55. The summed E-state index contributed by atoms with van der Waals surface area (Å²) in [7, 11) is 0. The largest absolute Gasteiger partial charge is 0.378 e. The molecule has 0 bridgehead atoms. The minimum atomic E-state index is 0.176. The Morgan fingerprint density at radius 3 is 2.60 bits per heavy atom. The van der Waals surface area contributed by atoms with Gasteiger partial charge < -0.3 is 10.5 Å². The molecule has 90 valence electrons. The Morgan fingerprint density at radius 1 is 1.40 bits per heavy atom. The number of nitrogens with two attached hydrogens (primary N) is 1. The molecule has 2 N–H and O–H groups in total. The molecule has 1 aliphatic rings. The first-order valence-corrected chi connectivity index (χ1v) is 6.02. The number of ether oxygens (including phenoxy) is 1. The monoisotopic (exact) mass is 214 g/mol. The smallest absolute Gasteiger partial charge is 0.0645 e. The van der Waals surface area contributed by atoms with Gasteiger partial charge in [0.1, 0.15) is 0 Å². The SMILES string of the molecule is CC(C)C(N)CCN1CCOCC1(C)C. The molecule has 0 spiro atoms. The van der Waals surface area contributed by atoms with Crippen LogP contribution < -0.4 is 5.73 Å². The van der Waals surface area contributed by atoms with Gasteiger partial charge in [0.25, 0.3) is 0 Å². The van der Waals surface area contributed by atoms with Crippen LogP contribution in [-0.4, -0.2) is 42.8 Å². The van der Waals surface area contributed by atoms with Crippen LogP contribution in [0.5, 0.6) is 0 Å². The van der Waals surface area contributed by atoms with Crippen molar-refractivity contribution < 1.29 is 4.74 Å². The van der Waals surface area contributed by atoms with Crippen LogP contribution in [0.2, 0.25) is 0 Å². The Balaban J connectivity index is 2.36. The summed E-state index contributed by atoms with van der Waals surface area (Å²) in [6.45, 7) is 12.7. The predicted molar refractivity (Wildman–Crippen MR) is 63.9 cm³/mol. The Morgan fingerprint density at radius 2 is 2.07 bits per heavy atom. The number of rotatable bonds is 4. The summed E-state index contributed by atoms with van der Waals surface area (Å²) in [6, 6.07) is 0.323. The highest BCUT2D eigenvalue weighted by atomic mass is 16.5. The van der Waals surface area contributed by atoms with Crippen molar-refractivity contribution in [1.82, 2.24) is 4.90 Å². The van der Waals surface area contributed by atoms with Crippen molar-refractivity contribution in [3.63, 3.8) is 0 Å². The number of morpholine rings is 1.